The van der Waals surface area contributed by atoms with Crippen LogP contribution in [-0.4, -0.2) is 80.6 Å². The molecule has 1 saturated heterocycles. The zero-order chi connectivity index (χ0) is 26.4. The van der Waals surface area contributed by atoms with Gasteiger partial charge in [-0.2, -0.15) is 15.0 Å². The topological polar surface area (TPSA) is 123 Å². The first-order valence-corrected chi connectivity index (χ1v) is 12.9. The number of rotatable bonds is 15. The Balaban J connectivity index is 1.16. The second-order valence-corrected chi connectivity index (χ2v) is 8.60. The number of ether oxygens (including phenoxy) is 3. The van der Waals surface area contributed by atoms with Crippen molar-refractivity contribution in [2.45, 2.75) is 12.8 Å². The van der Waals surface area contributed by atoms with Gasteiger partial charge in [-0.05, 0) is 49.2 Å². The van der Waals surface area contributed by atoms with Gasteiger partial charge in [-0.15, -0.1) is 0 Å². The van der Waals surface area contributed by atoms with E-state index in [0.29, 0.717) is 62.9 Å². The Bertz CT molecular complexity index is 1130. The number of anilines is 4. The molecule has 0 radical (unpaired) electrons. The van der Waals surface area contributed by atoms with Gasteiger partial charge in [-0.25, -0.2) is 0 Å². The van der Waals surface area contributed by atoms with E-state index in [1.54, 1.807) is 19.2 Å². The largest absolute Gasteiger partial charge is 0.497 e. The normalized spacial score (nSPS) is 12.8. The molecule has 3 N–H and O–H groups in total. The number of nitrogens with one attached hydrogen (secondary N) is 3. The molecule has 0 spiro atoms. The van der Waals surface area contributed by atoms with E-state index >= 15 is 0 Å². The molecular formula is C27H35N7O4. The highest BCUT2D eigenvalue weighted by Crippen LogP contribution is 2.22. The van der Waals surface area contributed by atoms with Gasteiger partial charge in [0.15, 0.2) is 0 Å². The van der Waals surface area contributed by atoms with Crippen LogP contribution in [0.25, 0.3) is 0 Å². The Morgan fingerprint density at radius 3 is 2.24 bits per heavy atom. The fourth-order valence-corrected chi connectivity index (χ4v) is 3.85. The summed E-state index contributed by atoms with van der Waals surface area (Å²) >= 11 is 0. The molecule has 1 fully saturated rings. The third-order valence-electron chi connectivity index (χ3n) is 5.83. The first-order chi connectivity index (χ1) is 18.7. The lowest BCUT2D eigenvalue weighted by Gasteiger charge is -2.17. The van der Waals surface area contributed by atoms with Gasteiger partial charge in [0.25, 0.3) is 5.91 Å². The second kappa shape index (κ2) is 14.7. The van der Waals surface area contributed by atoms with E-state index in [2.05, 4.69) is 35.8 Å². The second-order valence-electron chi connectivity index (χ2n) is 8.60. The number of benzene rings is 2. The van der Waals surface area contributed by atoms with Gasteiger partial charge in [0.2, 0.25) is 17.8 Å². The summed E-state index contributed by atoms with van der Waals surface area (Å²) < 4.78 is 16.4. The molecule has 1 aromatic heterocycles. The number of carbonyl (C=O) groups is 1. The van der Waals surface area contributed by atoms with Crippen LogP contribution in [0.2, 0.25) is 0 Å². The molecule has 0 saturated carbocycles. The average Bonchev–Trinajstić information content (AvgIpc) is 3.50. The summed E-state index contributed by atoms with van der Waals surface area (Å²) in [4.78, 5) is 27.9. The molecule has 2 heterocycles. The first kappa shape index (κ1) is 27.1. The molecular weight excluding hydrogens is 486 g/mol. The van der Waals surface area contributed by atoms with E-state index in [-0.39, 0.29) is 5.91 Å². The zero-order valence-electron chi connectivity index (χ0n) is 21.7. The minimum Gasteiger partial charge on any atom is -0.497 e. The third kappa shape index (κ3) is 8.56. The number of nitrogens with zero attached hydrogens (tertiary/aromatic N) is 4. The van der Waals surface area contributed by atoms with Crippen LogP contribution < -0.4 is 25.6 Å². The minimum atomic E-state index is -0.106. The number of hydrogen-bond donors (Lipinski definition) is 3. The van der Waals surface area contributed by atoms with Crippen molar-refractivity contribution in [1.29, 1.82) is 0 Å². The summed E-state index contributed by atoms with van der Waals surface area (Å²) in [6.07, 6.45) is 2.26. The maximum atomic E-state index is 12.0. The fourth-order valence-electron chi connectivity index (χ4n) is 3.85. The highest BCUT2D eigenvalue weighted by atomic mass is 16.5. The molecule has 1 aliphatic heterocycles. The molecule has 2 aromatic carbocycles. The number of methoxy groups -OCH3 is 1. The van der Waals surface area contributed by atoms with Gasteiger partial charge in [0.05, 0.1) is 33.5 Å². The number of amides is 1. The van der Waals surface area contributed by atoms with Crippen molar-refractivity contribution in [3.8, 4) is 5.75 Å². The lowest BCUT2D eigenvalue weighted by Crippen LogP contribution is -2.27. The predicted octanol–water partition coefficient (Wildman–Crippen LogP) is 3.10. The average molecular weight is 522 g/mol. The van der Waals surface area contributed by atoms with E-state index in [1.165, 1.54) is 0 Å². The van der Waals surface area contributed by atoms with Crippen molar-refractivity contribution in [2.24, 2.45) is 0 Å². The molecule has 3 aromatic rings. The van der Waals surface area contributed by atoms with Crippen LogP contribution in [0.5, 0.6) is 5.75 Å². The molecule has 1 aliphatic rings. The maximum Gasteiger partial charge on any atom is 0.251 e. The Labute approximate surface area is 222 Å². The van der Waals surface area contributed by atoms with Gasteiger partial charge >= 0.3 is 0 Å². The highest BCUT2D eigenvalue weighted by molar-refractivity contribution is 5.94. The molecule has 0 aliphatic carbocycles. The summed E-state index contributed by atoms with van der Waals surface area (Å²) in [5.74, 6) is 2.30. The maximum absolute atomic E-state index is 12.0. The zero-order valence-corrected chi connectivity index (χ0v) is 21.7. The van der Waals surface area contributed by atoms with Crippen molar-refractivity contribution in [3.63, 3.8) is 0 Å². The Morgan fingerprint density at radius 2 is 1.53 bits per heavy atom. The number of aromatic nitrogens is 3. The van der Waals surface area contributed by atoms with E-state index in [9.17, 15) is 4.79 Å². The van der Waals surface area contributed by atoms with Crippen molar-refractivity contribution < 1.29 is 19.0 Å². The van der Waals surface area contributed by atoms with Crippen LogP contribution in [0, 0.1) is 0 Å². The van der Waals surface area contributed by atoms with Crippen molar-refractivity contribution in [1.82, 2.24) is 20.3 Å². The van der Waals surface area contributed by atoms with Crippen molar-refractivity contribution >= 4 is 29.4 Å². The Kier molecular flexibility index (Phi) is 10.5. The monoisotopic (exact) mass is 521 g/mol. The molecule has 0 atom stereocenters. The quantitative estimate of drug-likeness (QED) is 0.257. The van der Waals surface area contributed by atoms with Gasteiger partial charge < -0.3 is 35.1 Å². The molecule has 0 unspecified atom stereocenters. The third-order valence-corrected chi connectivity index (χ3v) is 5.83. The summed E-state index contributed by atoms with van der Waals surface area (Å²) in [7, 11) is 1.64. The van der Waals surface area contributed by atoms with Gasteiger partial charge in [0, 0.05) is 37.4 Å². The predicted molar refractivity (Wildman–Crippen MR) is 146 cm³/mol. The molecule has 0 bridgehead atoms. The fraction of sp³-hybridized carbons (Fsp3) is 0.407. The standard InChI is InChI=1S/C27H35N7O4/c1-36-23-11-9-22(10-12-23)30-26-31-25(32-27(33-26)34-15-5-6-16-34)29-14-18-38-20-19-37-17-13-28-24(35)21-7-3-2-4-8-21/h2-4,7-12H,5-6,13-20H2,1H3,(H,28,35)(H2,29,30,31,32,33). The number of carbonyl (C=O) groups excluding carboxylic acids is 1. The minimum absolute atomic E-state index is 0.106. The molecule has 202 valence electrons. The molecule has 4 rings (SSSR count). The van der Waals surface area contributed by atoms with E-state index in [4.69, 9.17) is 14.2 Å². The van der Waals surface area contributed by atoms with Crippen LogP contribution >= 0.6 is 0 Å². The smallest absolute Gasteiger partial charge is 0.251 e. The lowest BCUT2D eigenvalue weighted by atomic mass is 10.2. The SMILES string of the molecule is COc1ccc(Nc2nc(NCCOCCOCCNC(=O)c3ccccc3)nc(N3CCCC3)n2)cc1. The summed E-state index contributed by atoms with van der Waals surface area (Å²) in [6.45, 7) is 4.65. The summed E-state index contributed by atoms with van der Waals surface area (Å²) in [5, 5.41) is 9.31. The molecule has 11 nitrogen and oxygen atoms in total. The Morgan fingerprint density at radius 1 is 0.842 bits per heavy atom. The number of hydrogen-bond acceptors (Lipinski definition) is 10. The van der Waals surface area contributed by atoms with Crippen LogP contribution in [-0.2, 0) is 9.47 Å². The first-order valence-electron chi connectivity index (χ1n) is 12.9. The van der Waals surface area contributed by atoms with E-state index in [1.807, 2.05) is 42.5 Å². The Hall–Kier alpha value is -3.96. The van der Waals surface area contributed by atoms with Gasteiger partial charge in [0.1, 0.15) is 5.75 Å². The highest BCUT2D eigenvalue weighted by Gasteiger charge is 2.17. The summed E-state index contributed by atoms with van der Waals surface area (Å²) in [6, 6.07) is 16.7. The van der Waals surface area contributed by atoms with Crippen LogP contribution in [0.15, 0.2) is 54.6 Å². The molecule has 1 amide bonds. The summed E-state index contributed by atoms with van der Waals surface area (Å²) in [5.41, 5.74) is 1.50. The van der Waals surface area contributed by atoms with Crippen molar-refractivity contribution in [2.75, 3.05) is 75.2 Å². The van der Waals surface area contributed by atoms with Crippen LogP contribution in [0.3, 0.4) is 0 Å². The van der Waals surface area contributed by atoms with Crippen LogP contribution in [0.1, 0.15) is 23.2 Å². The molecule has 38 heavy (non-hydrogen) atoms. The lowest BCUT2D eigenvalue weighted by molar-refractivity contribution is 0.0519. The van der Waals surface area contributed by atoms with Crippen LogP contribution in [0.4, 0.5) is 23.5 Å². The van der Waals surface area contributed by atoms with E-state index in [0.717, 1.165) is 37.4 Å². The van der Waals surface area contributed by atoms with Gasteiger partial charge in [-0.3, -0.25) is 4.79 Å². The van der Waals surface area contributed by atoms with E-state index < -0.39 is 0 Å². The van der Waals surface area contributed by atoms with Crippen molar-refractivity contribution in [3.05, 3.63) is 60.2 Å². The van der Waals surface area contributed by atoms with Gasteiger partial charge in [-0.1, -0.05) is 18.2 Å². The molecule has 11 heteroatoms.